The zero-order valence-corrected chi connectivity index (χ0v) is 19.7. The quantitative estimate of drug-likeness (QED) is 0.629. The van der Waals surface area contributed by atoms with Crippen molar-refractivity contribution in [1.29, 1.82) is 0 Å². The fourth-order valence-corrected chi connectivity index (χ4v) is 6.46. The standard InChI is InChI=1S/C27H33N5O2/c33-25(15-20-16-28-22-5-2-1-4-21(20)22)31-12-9-27(10-13-31)8-3-11-32(17-27)26(34)19-6-7-23-24(14-19)30-18-29-23/h1-2,4-5,16,18-19,28H,3,6-15,17H2,(H,29,30). The number of carbonyl (C=O) groups excluding carboxylic acids is 2. The molecule has 1 spiro atoms. The summed E-state index contributed by atoms with van der Waals surface area (Å²) in [6, 6.07) is 8.15. The van der Waals surface area contributed by atoms with E-state index in [0.717, 1.165) is 99.0 Å². The number of carbonyl (C=O) groups is 2. The van der Waals surface area contributed by atoms with Crippen LogP contribution in [0.1, 0.15) is 49.1 Å². The van der Waals surface area contributed by atoms with E-state index in [2.05, 4.69) is 25.9 Å². The van der Waals surface area contributed by atoms with Gasteiger partial charge in [0.15, 0.2) is 0 Å². The molecule has 2 N–H and O–H groups in total. The van der Waals surface area contributed by atoms with Gasteiger partial charge in [-0.3, -0.25) is 9.59 Å². The van der Waals surface area contributed by atoms with Crippen molar-refractivity contribution in [2.24, 2.45) is 11.3 Å². The van der Waals surface area contributed by atoms with Crippen molar-refractivity contribution >= 4 is 22.7 Å². The Balaban J connectivity index is 1.06. The molecule has 7 heteroatoms. The normalized spacial score (nSPS) is 22.2. The minimum atomic E-state index is 0.0703. The van der Waals surface area contributed by atoms with Gasteiger partial charge in [-0.05, 0) is 55.6 Å². The Morgan fingerprint density at radius 1 is 1.06 bits per heavy atom. The van der Waals surface area contributed by atoms with Crippen molar-refractivity contribution in [3.8, 4) is 0 Å². The second-order valence-electron chi connectivity index (χ2n) is 10.5. The number of H-pyrrole nitrogens is 2. The molecule has 2 aromatic heterocycles. The lowest BCUT2D eigenvalue weighted by Crippen LogP contribution is -2.53. The number of para-hydroxylation sites is 1. The molecule has 178 valence electrons. The van der Waals surface area contributed by atoms with Crippen LogP contribution in [-0.4, -0.2) is 62.7 Å². The van der Waals surface area contributed by atoms with E-state index >= 15 is 0 Å². The summed E-state index contributed by atoms with van der Waals surface area (Å²) >= 11 is 0. The number of aromatic nitrogens is 3. The van der Waals surface area contributed by atoms with E-state index in [9.17, 15) is 9.59 Å². The summed E-state index contributed by atoms with van der Waals surface area (Å²) in [5.41, 5.74) is 4.58. The molecule has 1 unspecified atom stereocenters. The summed E-state index contributed by atoms with van der Waals surface area (Å²) in [6.07, 6.45) is 11.0. The Labute approximate surface area is 199 Å². The van der Waals surface area contributed by atoms with Crippen LogP contribution in [0.25, 0.3) is 10.9 Å². The largest absolute Gasteiger partial charge is 0.361 e. The maximum absolute atomic E-state index is 13.4. The SMILES string of the molecule is O=C(Cc1c[nH]c2ccccc12)N1CCC2(CCCN(C(=O)C3CCc4nc[nH]c4C3)C2)CC1. The molecule has 3 aliphatic rings. The number of amides is 2. The van der Waals surface area contributed by atoms with Crippen LogP contribution in [0, 0.1) is 11.3 Å². The molecule has 6 rings (SSSR count). The number of likely N-dealkylation sites (tertiary alicyclic amines) is 2. The maximum Gasteiger partial charge on any atom is 0.227 e. The molecule has 34 heavy (non-hydrogen) atoms. The number of hydrogen-bond acceptors (Lipinski definition) is 3. The molecule has 7 nitrogen and oxygen atoms in total. The van der Waals surface area contributed by atoms with Crippen molar-refractivity contribution in [1.82, 2.24) is 24.8 Å². The predicted octanol–water partition coefficient (Wildman–Crippen LogP) is 3.47. The van der Waals surface area contributed by atoms with Crippen LogP contribution in [0.2, 0.25) is 0 Å². The first kappa shape index (κ1) is 21.4. The number of fused-ring (bicyclic) bond motifs is 2. The Hall–Kier alpha value is -3.09. The Morgan fingerprint density at radius 3 is 2.79 bits per heavy atom. The fraction of sp³-hybridized carbons (Fsp3) is 0.519. The highest BCUT2D eigenvalue weighted by molar-refractivity contribution is 5.89. The van der Waals surface area contributed by atoms with Gasteiger partial charge in [-0.1, -0.05) is 18.2 Å². The molecule has 0 radical (unpaired) electrons. The van der Waals surface area contributed by atoms with Gasteiger partial charge in [-0.2, -0.15) is 0 Å². The van der Waals surface area contributed by atoms with E-state index < -0.39 is 0 Å². The Morgan fingerprint density at radius 2 is 1.91 bits per heavy atom. The van der Waals surface area contributed by atoms with Crippen LogP contribution in [0.4, 0.5) is 0 Å². The highest BCUT2D eigenvalue weighted by Gasteiger charge is 2.42. The predicted molar refractivity (Wildman–Crippen MR) is 130 cm³/mol. The van der Waals surface area contributed by atoms with E-state index in [1.165, 1.54) is 0 Å². The Bertz CT molecular complexity index is 1200. The van der Waals surface area contributed by atoms with Crippen LogP contribution >= 0.6 is 0 Å². The third-order valence-electron chi connectivity index (χ3n) is 8.50. The van der Waals surface area contributed by atoms with E-state index in [-0.39, 0.29) is 17.2 Å². The van der Waals surface area contributed by atoms with Crippen molar-refractivity contribution in [3.63, 3.8) is 0 Å². The summed E-state index contributed by atoms with van der Waals surface area (Å²) in [4.78, 5) is 41.5. The van der Waals surface area contributed by atoms with Crippen molar-refractivity contribution in [2.75, 3.05) is 26.2 Å². The summed E-state index contributed by atoms with van der Waals surface area (Å²) in [7, 11) is 0. The van der Waals surface area contributed by atoms with Gasteiger partial charge >= 0.3 is 0 Å². The molecule has 1 atom stereocenters. The van der Waals surface area contributed by atoms with E-state index in [4.69, 9.17) is 0 Å². The summed E-state index contributed by atoms with van der Waals surface area (Å²) in [5.74, 6) is 0.596. The first-order valence-corrected chi connectivity index (χ1v) is 12.7. The van der Waals surface area contributed by atoms with Gasteiger partial charge in [-0.15, -0.1) is 0 Å². The molecule has 0 saturated carbocycles. The van der Waals surface area contributed by atoms with Crippen LogP contribution in [0.15, 0.2) is 36.8 Å². The van der Waals surface area contributed by atoms with Crippen LogP contribution in [0.3, 0.4) is 0 Å². The number of rotatable bonds is 3. The van der Waals surface area contributed by atoms with Gasteiger partial charge in [0.2, 0.25) is 11.8 Å². The van der Waals surface area contributed by atoms with Crippen molar-refractivity contribution in [3.05, 3.63) is 53.7 Å². The molecule has 1 aliphatic carbocycles. The minimum Gasteiger partial charge on any atom is -0.361 e. The van der Waals surface area contributed by atoms with Gasteiger partial charge in [-0.25, -0.2) is 4.98 Å². The monoisotopic (exact) mass is 459 g/mol. The molecular weight excluding hydrogens is 426 g/mol. The molecule has 2 aliphatic heterocycles. The number of aryl methyl sites for hydroxylation is 1. The molecule has 4 heterocycles. The lowest BCUT2D eigenvalue weighted by molar-refractivity contribution is -0.142. The first-order valence-electron chi connectivity index (χ1n) is 12.7. The fourth-order valence-electron chi connectivity index (χ4n) is 6.46. The van der Waals surface area contributed by atoms with Crippen LogP contribution in [0.5, 0.6) is 0 Å². The highest BCUT2D eigenvalue weighted by atomic mass is 16.2. The number of hydrogen-bond donors (Lipinski definition) is 2. The third-order valence-corrected chi connectivity index (χ3v) is 8.50. The van der Waals surface area contributed by atoms with Crippen molar-refractivity contribution in [2.45, 2.75) is 51.4 Å². The molecule has 0 bridgehead atoms. The van der Waals surface area contributed by atoms with Crippen LogP contribution in [-0.2, 0) is 28.9 Å². The number of aromatic amines is 2. The maximum atomic E-state index is 13.4. The lowest BCUT2D eigenvalue weighted by Gasteiger charge is -2.48. The zero-order chi connectivity index (χ0) is 23.1. The molecular formula is C27H33N5O2. The van der Waals surface area contributed by atoms with E-state index in [0.29, 0.717) is 12.3 Å². The number of nitrogens with one attached hydrogen (secondary N) is 2. The Kier molecular flexibility index (Phi) is 5.42. The molecule has 2 fully saturated rings. The van der Waals surface area contributed by atoms with Gasteiger partial charge < -0.3 is 19.8 Å². The number of nitrogens with zero attached hydrogens (tertiary/aromatic N) is 3. The first-order chi connectivity index (χ1) is 16.6. The average Bonchev–Trinajstić information content (AvgIpc) is 3.51. The molecule has 2 saturated heterocycles. The zero-order valence-electron chi connectivity index (χ0n) is 19.7. The summed E-state index contributed by atoms with van der Waals surface area (Å²) in [5, 5.41) is 1.13. The van der Waals surface area contributed by atoms with E-state index in [1.807, 2.05) is 29.3 Å². The second-order valence-corrected chi connectivity index (χ2v) is 10.5. The average molecular weight is 460 g/mol. The van der Waals surface area contributed by atoms with E-state index in [1.54, 1.807) is 6.33 Å². The van der Waals surface area contributed by atoms with Crippen LogP contribution < -0.4 is 0 Å². The summed E-state index contributed by atoms with van der Waals surface area (Å²) in [6.45, 7) is 3.31. The van der Waals surface area contributed by atoms with Gasteiger partial charge in [0.25, 0.3) is 0 Å². The molecule has 1 aromatic carbocycles. The van der Waals surface area contributed by atoms with Crippen molar-refractivity contribution < 1.29 is 9.59 Å². The third kappa shape index (κ3) is 3.91. The summed E-state index contributed by atoms with van der Waals surface area (Å²) < 4.78 is 0. The second kappa shape index (κ2) is 8.60. The number of piperidine rings is 2. The van der Waals surface area contributed by atoms with Gasteiger partial charge in [0, 0.05) is 61.3 Å². The number of benzene rings is 1. The lowest BCUT2D eigenvalue weighted by atomic mass is 9.72. The van der Waals surface area contributed by atoms with Gasteiger partial charge in [0.1, 0.15) is 0 Å². The minimum absolute atomic E-state index is 0.0703. The highest BCUT2D eigenvalue weighted by Crippen LogP contribution is 2.41. The number of imidazole rings is 1. The molecule has 3 aromatic rings. The smallest absolute Gasteiger partial charge is 0.227 e. The topological polar surface area (TPSA) is 85.1 Å². The molecule has 2 amide bonds. The van der Waals surface area contributed by atoms with Gasteiger partial charge in [0.05, 0.1) is 18.4 Å².